The van der Waals surface area contributed by atoms with Crippen molar-refractivity contribution in [2.24, 2.45) is 5.92 Å². The van der Waals surface area contributed by atoms with E-state index in [2.05, 4.69) is 17.6 Å². The quantitative estimate of drug-likeness (QED) is 0.210. The summed E-state index contributed by atoms with van der Waals surface area (Å²) >= 11 is 0. The number of carbonyl (C=O) groups excluding carboxylic acids is 3. The van der Waals surface area contributed by atoms with Crippen molar-refractivity contribution in [1.29, 1.82) is 0 Å². The number of nitrogens with zero attached hydrogens (tertiary/aromatic N) is 1. The summed E-state index contributed by atoms with van der Waals surface area (Å²) < 4.78 is 5.52. The van der Waals surface area contributed by atoms with E-state index >= 15 is 0 Å². The van der Waals surface area contributed by atoms with Gasteiger partial charge in [-0.2, -0.15) is 0 Å². The summed E-state index contributed by atoms with van der Waals surface area (Å²) in [5.41, 5.74) is 2.63. The molecule has 0 saturated heterocycles. The molecule has 7 nitrogen and oxygen atoms in total. The zero-order valence-corrected chi connectivity index (χ0v) is 27.1. The molecular formula is C36H49N3O4. The van der Waals surface area contributed by atoms with Gasteiger partial charge in [-0.3, -0.25) is 9.59 Å². The number of aryl methyl sites for hydroxylation is 2. The first-order chi connectivity index (χ1) is 20.3. The average molecular weight is 588 g/mol. The highest BCUT2D eigenvalue weighted by Crippen LogP contribution is 2.30. The second kappa shape index (κ2) is 15.0. The summed E-state index contributed by atoms with van der Waals surface area (Å²) in [6, 6.07) is 18.0. The van der Waals surface area contributed by atoms with Gasteiger partial charge >= 0.3 is 6.09 Å². The molecule has 0 bridgehead atoms. The molecule has 0 fully saturated rings. The van der Waals surface area contributed by atoms with Gasteiger partial charge in [0.2, 0.25) is 5.91 Å². The minimum absolute atomic E-state index is 0.118. The monoisotopic (exact) mass is 587 g/mol. The second-order valence-corrected chi connectivity index (χ2v) is 12.9. The molecule has 0 aromatic heterocycles. The van der Waals surface area contributed by atoms with Gasteiger partial charge in [-0.25, -0.2) is 4.79 Å². The third-order valence-corrected chi connectivity index (χ3v) is 7.29. The van der Waals surface area contributed by atoms with Crippen molar-refractivity contribution in [2.75, 3.05) is 11.9 Å². The molecule has 0 spiro atoms. The van der Waals surface area contributed by atoms with Crippen molar-refractivity contribution in [3.8, 4) is 0 Å². The van der Waals surface area contributed by atoms with Crippen LogP contribution in [0.5, 0.6) is 0 Å². The summed E-state index contributed by atoms with van der Waals surface area (Å²) in [5, 5.41) is 8.03. The van der Waals surface area contributed by atoms with Crippen LogP contribution in [0.25, 0.3) is 10.8 Å². The first-order valence-corrected chi connectivity index (χ1v) is 15.5. The van der Waals surface area contributed by atoms with E-state index in [1.807, 2.05) is 88.4 Å². The Labute approximate surface area is 257 Å². The first-order valence-electron chi connectivity index (χ1n) is 15.5. The standard InChI is InChI=1S/C36H49N3O4/c1-9-10-13-20-39(34(41)31(21-24(2)3)38-35(42)43-36(6,7)8)32(30-22-25(4)16-17-26(30)5)33(40)37-29-19-18-27-14-11-12-15-28(27)23-29/h11-12,14-19,22-24,31-32H,9-10,13,20-21H2,1-8H3,(H,37,40)(H,38,42). The number of ether oxygens (including phenoxy) is 1. The smallest absolute Gasteiger partial charge is 0.408 e. The van der Waals surface area contributed by atoms with Crippen molar-refractivity contribution in [3.05, 3.63) is 77.4 Å². The summed E-state index contributed by atoms with van der Waals surface area (Å²) in [6.45, 7) is 15.8. The molecule has 0 aliphatic rings. The molecule has 0 heterocycles. The number of anilines is 1. The van der Waals surface area contributed by atoms with E-state index in [1.165, 1.54) is 0 Å². The maximum Gasteiger partial charge on any atom is 0.408 e. The lowest BCUT2D eigenvalue weighted by atomic mass is 9.94. The fraction of sp³-hybridized carbons (Fsp3) is 0.472. The molecular weight excluding hydrogens is 538 g/mol. The van der Waals surface area contributed by atoms with Gasteiger partial charge in [0.1, 0.15) is 17.7 Å². The van der Waals surface area contributed by atoms with E-state index < -0.39 is 23.8 Å². The van der Waals surface area contributed by atoms with Gasteiger partial charge in [0, 0.05) is 12.2 Å². The Balaban J connectivity index is 2.08. The van der Waals surface area contributed by atoms with Gasteiger partial charge < -0.3 is 20.3 Å². The first kappa shape index (κ1) is 33.6. The lowest BCUT2D eigenvalue weighted by molar-refractivity contribution is -0.141. The number of unbranched alkanes of at least 4 members (excludes halogenated alkanes) is 2. The zero-order valence-electron chi connectivity index (χ0n) is 27.1. The Kier molecular flexibility index (Phi) is 11.8. The molecule has 3 amide bonds. The van der Waals surface area contributed by atoms with Crippen LogP contribution < -0.4 is 10.6 Å². The number of amides is 3. The highest BCUT2D eigenvalue weighted by atomic mass is 16.6. The number of alkyl carbamates (subject to hydrolysis) is 1. The number of rotatable bonds is 12. The number of carbonyl (C=O) groups is 3. The van der Waals surface area contributed by atoms with Crippen molar-refractivity contribution in [3.63, 3.8) is 0 Å². The number of fused-ring (bicyclic) bond motifs is 1. The van der Waals surface area contributed by atoms with E-state index in [1.54, 1.807) is 25.7 Å². The number of benzene rings is 3. The maximum absolute atomic E-state index is 14.5. The molecule has 0 aliphatic heterocycles. The summed E-state index contributed by atoms with van der Waals surface area (Å²) in [7, 11) is 0. The third-order valence-electron chi connectivity index (χ3n) is 7.29. The molecule has 2 unspecified atom stereocenters. The van der Waals surface area contributed by atoms with Gasteiger partial charge in [0.15, 0.2) is 0 Å². The molecule has 7 heteroatoms. The highest BCUT2D eigenvalue weighted by molar-refractivity contribution is 6.00. The Bertz CT molecular complexity index is 1410. The maximum atomic E-state index is 14.5. The van der Waals surface area contributed by atoms with Crippen molar-refractivity contribution in [1.82, 2.24) is 10.2 Å². The normalized spacial score (nSPS) is 13.0. The lowest BCUT2D eigenvalue weighted by Gasteiger charge is -2.35. The van der Waals surface area contributed by atoms with Crippen LogP contribution in [0.2, 0.25) is 0 Å². The Hall–Kier alpha value is -3.87. The van der Waals surface area contributed by atoms with Gasteiger partial charge in [0.05, 0.1) is 0 Å². The fourth-order valence-corrected chi connectivity index (χ4v) is 5.22. The van der Waals surface area contributed by atoms with Crippen LogP contribution >= 0.6 is 0 Å². The molecule has 43 heavy (non-hydrogen) atoms. The predicted molar refractivity (Wildman–Crippen MR) is 175 cm³/mol. The number of nitrogens with one attached hydrogen (secondary N) is 2. The Morgan fingerprint density at radius 1 is 0.907 bits per heavy atom. The molecule has 232 valence electrons. The zero-order chi connectivity index (χ0) is 31.7. The van der Waals surface area contributed by atoms with E-state index in [0.717, 1.165) is 46.7 Å². The van der Waals surface area contributed by atoms with Crippen LogP contribution in [0.3, 0.4) is 0 Å². The van der Waals surface area contributed by atoms with E-state index in [-0.39, 0.29) is 17.7 Å². The molecule has 3 aromatic rings. The minimum Gasteiger partial charge on any atom is -0.444 e. The predicted octanol–water partition coefficient (Wildman–Crippen LogP) is 8.09. The molecule has 2 atom stereocenters. The van der Waals surface area contributed by atoms with Crippen LogP contribution in [0.1, 0.15) is 90.0 Å². The highest BCUT2D eigenvalue weighted by Gasteiger charge is 2.37. The van der Waals surface area contributed by atoms with Gasteiger partial charge in [0.25, 0.3) is 5.91 Å². The van der Waals surface area contributed by atoms with E-state index in [0.29, 0.717) is 18.7 Å². The van der Waals surface area contributed by atoms with E-state index in [9.17, 15) is 14.4 Å². The fourth-order valence-electron chi connectivity index (χ4n) is 5.22. The number of hydrogen-bond donors (Lipinski definition) is 2. The molecule has 0 radical (unpaired) electrons. The van der Waals surface area contributed by atoms with Crippen molar-refractivity contribution >= 4 is 34.4 Å². The Morgan fingerprint density at radius 3 is 2.26 bits per heavy atom. The molecule has 3 aromatic carbocycles. The SMILES string of the molecule is CCCCCN(C(=O)C(CC(C)C)NC(=O)OC(C)(C)C)C(C(=O)Nc1ccc2ccccc2c1)c1cc(C)ccc1C. The topological polar surface area (TPSA) is 87.7 Å². The molecule has 0 aliphatic carbocycles. The lowest BCUT2D eigenvalue weighted by Crippen LogP contribution is -2.53. The summed E-state index contributed by atoms with van der Waals surface area (Å²) in [6.07, 6.45) is 2.36. The average Bonchev–Trinajstić information content (AvgIpc) is 2.92. The summed E-state index contributed by atoms with van der Waals surface area (Å²) in [4.78, 5) is 43.4. The van der Waals surface area contributed by atoms with Gasteiger partial charge in [-0.05, 0) is 87.4 Å². The van der Waals surface area contributed by atoms with Crippen molar-refractivity contribution < 1.29 is 19.1 Å². The van der Waals surface area contributed by atoms with Gasteiger partial charge in [-0.15, -0.1) is 0 Å². The van der Waals surface area contributed by atoms with Crippen LogP contribution in [0.4, 0.5) is 10.5 Å². The second-order valence-electron chi connectivity index (χ2n) is 12.9. The van der Waals surface area contributed by atoms with Crippen LogP contribution in [0, 0.1) is 19.8 Å². The molecule has 0 saturated carbocycles. The Morgan fingerprint density at radius 2 is 1.60 bits per heavy atom. The molecule has 2 N–H and O–H groups in total. The third kappa shape index (κ3) is 9.84. The molecule has 3 rings (SSSR count). The van der Waals surface area contributed by atoms with Gasteiger partial charge in [-0.1, -0.05) is 87.7 Å². The van der Waals surface area contributed by atoms with Crippen LogP contribution in [-0.4, -0.2) is 41.0 Å². The van der Waals surface area contributed by atoms with E-state index in [4.69, 9.17) is 4.74 Å². The van der Waals surface area contributed by atoms with Crippen LogP contribution in [-0.2, 0) is 14.3 Å². The van der Waals surface area contributed by atoms with Crippen molar-refractivity contribution in [2.45, 2.75) is 98.8 Å². The number of hydrogen-bond acceptors (Lipinski definition) is 4. The van der Waals surface area contributed by atoms with Crippen LogP contribution in [0.15, 0.2) is 60.7 Å². The minimum atomic E-state index is -0.897. The largest absolute Gasteiger partial charge is 0.444 e. The summed E-state index contributed by atoms with van der Waals surface area (Å²) in [5.74, 6) is -0.475.